The van der Waals surface area contributed by atoms with Gasteiger partial charge in [0.1, 0.15) is 10.7 Å². The summed E-state index contributed by atoms with van der Waals surface area (Å²) in [4.78, 5) is 16.0. The lowest BCUT2D eigenvalue weighted by molar-refractivity contribution is -0.144. The molecule has 0 spiro atoms. The Bertz CT molecular complexity index is 771. The van der Waals surface area contributed by atoms with Crippen LogP contribution in [0, 0.1) is 5.82 Å². The van der Waals surface area contributed by atoms with Gasteiger partial charge in [0.15, 0.2) is 0 Å². The fourth-order valence-corrected chi connectivity index (χ4v) is 5.08. The number of carbonyl (C=O) groups excluding carboxylic acids is 1. The van der Waals surface area contributed by atoms with E-state index < -0.39 is 15.8 Å². The molecule has 0 N–H and O–H groups in total. The Labute approximate surface area is 159 Å². The molecule has 2 aliphatic rings. The number of carbonyl (C=O) groups is 1. The van der Waals surface area contributed by atoms with Gasteiger partial charge in [-0.3, -0.25) is 9.69 Å². The minimum atomic E-state index is -3.86. The molecule has 1 amide bonds. The fourth-order valence-electron chi connectivity index (χ4n) is 3.59. The van der Waals surface area contributed by atoms with Gasteiger partial charge in [0.05, 0.1) is 18.8 Å². The van der Waals surface area contributed by atoms with Gasteiger partial charge < -0.3 is 9.64 Å². The van der Waals surface area contributed by atoms with E-state index in [0.29, 0.717) is 26.2 Å². The van der Waals surface area contributed by atoms with Crippen molar-refractivity contribution in [1.29, 1.82) is 0 Å². The van der Waals surface area contributed by atoms with Gasteiger partial charge in [-0.1, -0.05) is 12.1 Å². The molecule has 0 bridgehead atoms. The Hall–Kier alpha value is -1.55. The zero-order chi connectivity index (χ0) is 19.6. The van der Waals surface area contributed by atoms with Gasteiger partial charge in [-0.15, -0.1) is 0 Å². The number of piperazine rings is 1. The number of ether oxygens (including phenoxy) is 1. The Balaban J connectivity index is 1.56. The van der Waals surface area contributed by atoms with E-state index in [0.717, 1.165) is 6.07 Å². The molecule has 27 heavy (non-hydrogen) atoms. The van der Waals surface area contributed by atoms with E-state index in [1.54, 1.807) is 4.90 Å². The monoisotopic (exact) mass is 399 g/mol. The number of morpholine rings is 1. The van der Waals surface area contributed by atoms with Gasteiger partial charge in [0, 0.05) is 39.3 Å². The molecule has 0 aliphatic carbocycles. The summed E-state index contributed by atoms with van der Waals surface area (Å²) in [6.45, 7) is 6.65. The second kappa shape index (κ2) is 8.22. The lowest BCUT2D eigenvalue weighted by Gasteiger charge is -2.38. The van der Waals surface area contributed by atoms with Crippen molar-refractivity contribution in [3.8, 4) is 0 Å². The minimum absolute atomic E-state index is 0.0143. The molecule has 2 saturated heterocycles. The molecule has 0 aromatic heterocycles. The molecule has 2 aliphatic heterocycles. The molecule has 2 atom stereocenters. The molecule has 1 aromatic carbocycles. The maximum atomic E-state index is 13.9. The minimum Gasteiger partial charge on any atom is -0.372 e. The van der Waals surface area contributed by atoms with Crippen LogP contribution in [0.5, 0.6) is 0 Å². The van der Waals surface area contributed by atoms with E-state index in [-0.39, 0.29) is 42.6 Å². The van der Waals surface area contributed by atoms with Crippen LogP contribution in [-0.4, -0.2) is 86.5 Å². The number of nitrogens with zero attached hydrogens (tertiary/aromatic N) is 3. The third kappa shape index (κ3) is 4.66. The van der Waals surface area contributed by atoms with Gasteiger partial charge in [-0.2, -0.15) is 4.31 Å². The summed E-state index contributed by atoms with van der Waals surface area (Å²) >= 11 is 0. The van der Waals surface area contributed by atoms with Crippen LogP contribution in [-0.2, 0) is 19.6 Å². The topological polar surface area (TPSA) is 70.2 Å². The maximum Gasteiger partial charge on any atom is 0.246 e. The average molecular weight is 399 g/mol. The number of sulfonamides is 1. The van der Waals surface area contributed by atoms with Gasteiger partial charge in [-0.05, 0) is 26.0 Å². The number of benzene rings is 1. The summed E-state index contributed by atoms with van der Waals surface area (Å²) in [5, 5.41) is 0. The van der Waals surface area contributed by atoms with Crippen molar-refractivity contribution < 1.29 is 22.3 Å². The highest BCUT2D eigenvalue weighted by Crippen LogP contribution is 2.20. The van der Waals surface area contributed by atoms with Crippen molar-refractivity contribution in [3.05, 3.63) is 30.1 Å². The fraction of sp³-hybridized carbons (Fsp3) is 0.611. The highest BCUT2D eigenvalue weighted by molar-refractivity contribution is 7.89. The number of hydrogen-bond acceptors (Lipinski definition) is 5. The Morgan fingerprint density at radius 2 is 1.70 bits per heavy atom. The molecule has 2 fully saturated rings. The Morgan fingerprint density at radius 3 is 2.30 bits per heavy atom. The van der Waals surface area contributed by atoms with Crippen molar-refractivity contribution in [2.75, 3.05) is 45.8 Å². The molecule has 1 aromatic rings. The third-order valence-electron chi connectivity index (χ3n) is 4.92. The summed E-state index contributed by atoms with van der Waals surface area (Å²) in [6.07, 6.45) is 0.0286. The Kier molecular flexibility index (Phi) is 6.15. The first-order valence-corrected chi connectivity index (χ1v) is 10.6. The van der Waals surface area contributed by atoms with Crippen molar-refractivity contribution in [2.24, 2.45) is 0 Å². The summed E-state index contributed by atoms with van der Waals surface area (Å²) in [6, 6.07) is 5.40. The van der Waals surface area contributed by atoms with Crippen LogP contribution in [0.2, 0.25) is 0 Å². The van der Waals surface area contributed by atoms with Crippen LogP contribution in [0.1, 0.15) is 13.8 Å². The smallest absolute Gasteiger partial charge is 0.246 e. The SMILES string of the molecule is C[C@@H]1CN(C(=O)CN2CCN(S(=O)(=O)c3ccccc3F)CC2)C[C@H](C)O1. The largest absolute Gasteiger partial charge is 0.372 e. The second-order valence-electron chi connectivity index (χ2n) is 7.17. The molecule has 150 valence electrons. The molecular weight excluding hydrogens is 373 g/mol. The number of rotatable bonds is 4. The number of hydrogen-bond donors (Lipinski definition) is 0. The van der Waals surface area contributed by atoms with Gasteiger partial charge in [-0.25, -0.2) is 12.8 Å². The molecule has 0 unspecified atom stereocenters. The standard InChI is InChI=1S/C18H26FN3O4S/c1-14-11-21(12-15(2)26-14)18(23)13-20-7-9-22(10-8-20)27(24,25)17-6-4-3-5-16(17)19/h3-6,14-15H,7-13H2,1-2H3/t14-,15+. The predicted octanol–water partition coefficient (Wildman–Crippen LogP) is 0.768. The summed E-state index contributed by atoms with van der Waals surface area (Å²) in [5.41, 5.74) is 0. The highest BCUT2D eigenvalue weighted by Gasteiger charge is 2.32. The molecule has 7 nitrogen and oxygen atoms in total. The maximum absolute atomic E-state index is 13.9. The van der Waals surface area contributed by atoms with Crippen LogP contribution in [0.25, 0.3) is 0 Å². The van der Waals surface area contributed by atoms with Crippen LogP contribution < -0.4 is 0 Å². The second-order valence-corrected chi connectivity index (χ2v) is 9.07. The molecule has 9 heteroatoms. The highest BCUT2D eigenvalue weighted by atomic mass is 32.2. The molecule has 3 rings (SSSR count). The van der Waals surface area contributed by atoms with Crippen molar-refractivity contribution in [3.63, 3.8) is 0 Å². The van der Waals surface area contributed by atoms with Crippen molar-refractivity contribution >= 4 is 15.9 Å². The zero-order valence-corrected chi connectivity index (χ0v) is 16.5. The molecular formula is C18H26FN3O4S. The lowest BCUT2D eigenvalue weighted by atomic mass is 10.2. The quantitative estimate of drug-likeness (QED) is 0.748. The van der Waals surface area contributed by atoms with Crippen molar-refractivity contribution in [1.82, 2.24) is 14.1 Å². The summed E-state index contributed by atoms with van der Waals surface area (Å²) in [5.74, 6) is -0.715. The van der Waals surface area contributed by atoms with Crippen LogP contribution >= 0.6 is 0 Å². The summed E-state index contributed by atoms with van der Waals surface area (Å²) in [7, 11) is -3.86. The van der Waals surface area contributed by atoms with E-state index >= 15 is 0 Å². The van der Waals surface area contributed by atoms with Crippen LogP contribution in [0.15, 0.2) is 29.2 Å². The van der Waals surface area contributed by atoms with E-state index in [1.807, 2.05) is 18.7 Å². The molecule has 2 heterocycles. The third-order valence-corrected chi connectivity index (χ3v) is 6.85. The van der Waals surface area contributed by atoms with Crippen LogP contribution in [0.4, 0.5) is 4.39 Å². The molecule has 0 radical (unpaired) electrons. The first-order valence-electron chi connectivity index (χ1n) is 9.17. The summed E-state index contributed by atoms with van der Waals surface area (Å²) < 4.78 is 46.1. The Morgan fingerprint density at radius 1 is 1.11 bits per heavy atom. The number of amides is 1. The predicted molar refractivity (Wildman–Crippen MR) is 98.2 cm³/mol. The average Bonchev–Trinajstić information content (AvgIpc) is 2.61. The van der Waals surface area contributed by atoms with E-state index in [9.17, 15) is 17.6 Å². The first-order chi connectivity index (χ1) is 12.8. The van der Waals surface area contributed by atoms with Crippen LogP contribution in [0.3, 0.4) is 0 Å². The number of halogens is 1. The normalized spacial score (nSPS) is 25.5. The van der Waals surface area contributed by atoms with E-state index in [2.05, 4.69) is 0 Å². The molecule has 0 saturated carbocycles. The van der Waals surface area contributed by atoms with Gasteiger partial charge >= 0.3 is 0 Å². The van der Waals surface area contributed by atoms with E-state index in [4.69, 9.17) is 4.74 Å². The first kappa shape index (κ1) is 20.2. The van der Waals surface area contributed by atoms with Gasteiger partial charge in [0.2, 0.25) is 15.9 Å². The zero-order valence-electron chi connectivity index (χ0n) is 15.7. The lowest BCUT2D eigenvalue weighted by Crippen LogP contribution is -2.54. The van der Waals surface area contributed by atoms with Crippen molar-refractivity contribution in [2.45, 2.75) is 31.0 Å². The van der Waals surface area contributed by atoms with E-state index in [1.165, 1.54) is 22.5 Å². The van der Waals surface area contributed by atoms with Gasteiger partial charge in [0.25, 0.3) is 0 Å².